The van der Waals surface area contributed by atoms with E-state index in [1.54, 1.807) is 0 Å². The maximum absolute atomic E-state index is 8.49. The van der Waals surface area contributed by atoms with Gasteiger partial charge in [0.2, 0.25) is 0 Å². The van der Waals surface area contributed by atoms with E-state index < -0.39 is 17.5 Å². The third-order valence-electron chi connectivity index (χ3n) is 3.82. The Balaban J connectivity index is 0.000000399. The van der Waals surface area contributed by atoms with Gasteiger partial charge in [-0.3, -0.25) is 0 Å². The van der Waals surface area contributed by atoms with Gasteiger partial charge in [-0.05, 0) is 36.4 Å². The molecule has 0 aliphatic carbocycles. The van der Waals surface area contributed by atoms with Crippen LogP contribution in [0.5, 0.6) is 0 Å². The van der Waals surface area contributed by atoms with Crippen LogP contribution in [0.25, 0.3) is 0 Å². The lowest BCUT2D eigenvalue weighted by Gasteiger charge is -2.22. The summed E-state index contributed by atoms with van der Waals surface area (Å²) in [5.74, 6) is 0. The van der Waals surface area contributed by atoms with Crippen molar-refractivity contribution in [1.29, 1.82) is 0 Å². The normalized spacial score (nSPS) is 11.4. The maximum atomic E-state index is 8.49. The molecule has 0 spiro atoms. The van der Waals surface area contributed by atoms with Crippen LogP contribution in [-0.4, -0.2) is 6.66 Å². The predicted octanol–water partition coefficient (Wildman–Crippen LogP) is -1.15. The second-order valence-corrected chi connectivity index (χ2v) is 9.71. The quantitative estimate of drug-likeness (QED) is 0.540. The summed E-state index contributed by atoms with van der Waals surface area (Å²) in [6.45, 7) is 2.41. The van der Waals surface area contributed by atoms with Crippen molar-refractivity contribution in [3.63, 3.8) is 0 Å². The van der Waals surface area contributed by atoms with Crippen molar-refractivity contribution in [1.82, 2.24) is 0 Å². The zero-order chi connectivity index (χ0) is 18.3. The van der Waals surface area contributed by atoms with Gasteiger partial charge >= 0.3 is 0 Å². The molecule has 0 aliphatic rings. The van der Waals surface area contributed by atoms with Crippen LogP contribution in [0.3, 0.4) is 0 Å². The Bertz CT molecular complexity index is 659. The standard InChI is InChI=1S/C19H18P.ClHO4/c1-20(17-11-5-2-6-12-17,18-13-7-3-8-14-18)19-15-9-4-10-16-19;2-1(3,4)5/h2-16H,1H3;(H,2,3,4,5)/q+1;/p-1. The first-order valence-corrected chi connectivity index (χ1v) is 10.9. The lowest BCUT2D eigenvalue weighted by atomic mass is 10.4. The van der Waals surface area contributed by atoms with Gasteiger partial charge in [-0.15, -0.1) is 10.2 Å². The summed E-state index contributed by atoms with van der Waals surface area (Å²) in [5.41, 5.74) is 0. The summed E-state index contributed by atoms with van der Waals surface area (Å²) in [6, 6.07) is 32.6. The van der Waals surface area contributed by atoms with Crippen LogP contribution in [0.4, 0.5) is 0 Å². The molecule has 0 unspecified atom stereocenters. The van der Waals surface area contributed by atoms with Gasteiger partial charge in [0.25, 0.3) is 0 Å². The predicted molar refractivity (Wildman–Crippen MR) is 91.1 cm³/mol. The fraction of sp³-hybridized carbons (Fsp3) is 0.0526. The molecular formula is C19H18ClO4P. The average Bonchev–Trinajstić information content (AvgIpc) is 2.62. The van der Waals surface area contributed by atoms with Gasteiger partial charge in [-0.1, -0.05) is 54.6 Å². The molecule has 0 radical (unpaired) electrons. The van der Waals surface area contributed by atoms with Gasteiger partial charge in [-0.2, -0.15) is 0 Å². The molecule has 4 nitrogen and oxygen atoms in total. The summed E-state index contributed by atoms with van der Waals surface area (Å²) in [6.07, 6.45) is 0. The Morgan fingerprint density at radius 2 is 0.720 bits per heavy atom. The summed E-state index contributed by atoms with van der Waals surface area (Å²) in [7, 11) is -6.47. The van der Waals surface area contributed by atoms with Gasteiger partial charge < -0.3 is 0 Å². The molecule has 0 aromatic heterocycles. The summed E-state index contributed by atoms with van der Waals surface area (Å²) >= 11 is 0. The molecule has 3 aromatic carbocycles. The highest BCUT2D eigenvalue weighted by atomic mass is 35.7. The van der Waals surface area contributed by atoms with Crippen LogP contribution >= 0.6 is 7.26 Å². The first kappa shape index (κ1) is 19.5. The van der Waals surface area contributed by atoms with E-state index in [-0.39, 0.29) is 0 Å². The Kier molecular flexibility index (Phi) is 6.68. The summed E-state index contributed by atoms with van der Waals surface area (Å²) < 4.78 is 34.0. The van der Waals surface area contributed by atoms with E-state index in [1.165, 1.54) is 15.9 Å². The molecule has 0 saturated heterocycles. The Morgan fingerprint density at radius 1 is 0.520 bits per heavy atom. The number of hydrogen-bond acceptors (Lipinski definition) is 4. The second-order valence-electron chi connectivity index (χ2n) is 5.39. The zero-order valence-corrected chi connectivity index (χ0v) is 15.3. The minimum atomic E-state index is -4.94. The van der Waals surface area contributed by atoms with Gasteiger partial charge in [-0.25, -0.2) is 18.6 Å². The number of halogens is 1. The van der Waals surface area contributed by atoms with E-state index in [4.69, 9.17) is 18.6 Å². The highest BCUT2D eigenvalue weighted by Crippen LogP contribution is 2.51. The van der Waals surface area contributed by atoms with Crippen LogP contribution in [-0.2, 0) is 0 Å². The van der Waals surface area contributed by atoms with Crippen LogP contribution in [0, 0.1) is 10.2 Å². The molecule has 0 saturated carbocycles. The van der Waals surface area contributed by atoms with Gasteiger partial charge in [0.15, 0.2) is 0 Å². The number of rotatable bonds is 3. The minimum Gasteiger partial charge on any atom is -0.222 e. The van der Waals surface area contributed by atoms with E-state index in [0.717, 1.165) is 0 Å². The fourth-order valence-electron chi connectivity index (χ4n) is 2.63. The van der Waals surface area contributed by atoms with Crippen LogP contribution in [0.2, 0.25) is 0 Å². The first-order valence-electron chi connectivity index (χ1n) is 7.47. The van der Waals surface area contributed by atoms with Crippen LogP contribution in [0.1, 0.15) is 0 Å². The van der Waals surface area contributed by atoms with Crippen molar-refractivity contribution in [3.8, 4) is 0 Å². The Morgan fingerprint density at radius 3 is 0.920 bits per heavy atom. The number of benzene rings is 3. The topological polar surface area (TPSA) is 92.2 Å². The Hall–Kier alpha value is -1.78. The summed E-state index contributed by atoms with van der Waals surface area (Å²) in [5, 5.41) is 4.28. The molecule has 0 fully saturated rings. The fourth-order valence-corrected chi connectivity index (χ4v) is 5.83. The molecule has 0 atom stereocenters. The van der Waals surface area contributed by atoms with Gasteiger partial charge in [0.1, 0.15) is 23.2 Å². The van der Waals surface area contributed by atoms with Crippen molar-refractivity contribution in [3.05, 3.63) is 91.0 Å². The zero-order valence-electron chi connectivity index (χ0n) is 13.6. The smallest absolute Gasteiger partial charge is 0.109 e. The average molecular weight is 377 g/mol. The number of hydrogen-bond donors (Lipinski definition) is 0. The highest BCUT2D eigenvalue weighted by molar-refractivity contribution is 7.95. The third kappa shape index (κ3) is 5.62. The van der Waals surface area contributed by atoms with Crippen LogP contribution in [0.15, 0.2) is 91.0 Å². The SMILES string of the molecule is C[P+](c1ccccc1)(c1ccccc1)c1ccccc1.[O-][Cl+3]([O-])([O-])[O-]. The lowest BCUT2D eigenvalue weighted by molar-refractivity contribution is -2.00. The third-order valence-corrected chi connectivity index (χ3v) is 7.81. The monoisotopic (exact) mass is 376 g/mol. The minimum absolute atomic E-state index is 1.43. The molecule has 130 valence electrons. The van der Waals surface area contributed by atoms with E-state index in [9.17, 15) is 0 Å². The molecule has 3 aromatic rings. The maximum Gasteiger partial charge on any atom is 0.109 e. The molecule has 0 aliphatic heterocycles. The van der Waals surface area contributed by atoms with E-state index >= 15 is 0 Å². The summed E-state index contributed by atoms with van der Waals surface area (Å²) in [4.78, 5) is 0. The second kappa shape index (κ2) is 8.54. The molecular weight excluding hydrogens is 359 g/mol. The molecule has 0 heterocycles. The Labute approximate surface area is 150 Å². The largest absolute Gasteiger partial charge is 0.222 e. The van der Waals surface area contributed by atoms with Crippen molar-refractivity contribution in [2.45, 2.75) is 0 Å². The first-order chi connectivity index (χ1) is 11.8. The van der Waals surface area contributed by atoms with E-state index in [2.05, 4.69) is 97.7 Å². The van der Waals surface area contributed by atoms with Crippen molar-refractivity contribution < 1.29 is 28.9 Å². The molecule has 3 rings (SSSR count). The molecule has 0 bridgehead atoms. The van der Waals surface area contributed by atoms with Crippen LogP contribution < -0.4 is 34.5 Å². The molecule has 25 heavy (non-hydrogen) atoms. The lowest BCUT2D eigenvalue weighted by Crippen LogP contribution is -2.68. The van der Waals surface area contributed by atoms with Crippen molar-refractivity contribution in [2.75, 3.05) is 6.66 Å². The van der Waals surface area contributed by atoms with E-state index in [1.807, 2.05) is 0 Å². The molecule has 0 N–H and O–H groups in total. The van der Waals surface area contributed by atoms with Crippen molar-refractivity contribution in [2.24, 2.45) is 0 Å². The van der Waals surface area contributed by atoms with Gasteiger partial charge in [0.05, 0.1) is 6.66 Å². The van der Waals surface area contributed by atoms with Crippen molar-refractivity contribution >= 4 is 23.2 Å². The molecule has 6 heteroatoms. The van der Waals surface area contributed by atoms with Gasteiger partial charge in [0, 0.05) is 0 Å². The van der Waals surface area contributed by atoms with E-state index in [0.29, 0.717) is 0 Å². The molecule has 0 amide bonds. The highest BCUT2D eigenvalue weighted by Gasteiger charge is 2.39.